The van der Waals surface area contributed by atoms with Crippen molar-refractivity contribution < 1.29 is 14.3 Å². The first kappa shape index (κ1) is 25.0. The SMILES string of the molecule is CCCC(=O)N1CCN(c2ccc(NC(=S)NC(=O)c3ccc(OCC)c(Br)c3)cc2)CC1. The zero-order valence-electron chi connectivity index (χ0n) is 18.9. The predicted octanol–water partition coefficient (Wildman–Crippen LogP) is 4.42. The third kappa shape index (κ3) is 6.91. The average molecular weight is 533 g/mol. The van der Waals surface area contributed by atoms with Crippen LogP contribution >= 0.6 is 28.1 Å². The van der Waals surface area contributed by atoms with Crippen LogP contribution in [-0.4, -0.2) is 54.6 Å². The van der Waals surface area contributed by atoms with Gasteiger partial charge in [-0.25, -0.2) is 0 Å². The summed E-state index contributed by atoms with van der Waals surface area (Å²) in [6.45, 7) is 7.60. The van der Waals surface area contributed by atoms with E-state index in [1.165, 1.54) is 0 Å². The molecule has 0 saturated carbocycles. The van der Waals surface area contributed by atoms with Crippen LogP contribution in [0.2, 0.25) is 0 Å². The molecule has 0 aliphatic carbocycles. The molecule has 2 N–H and O–H groups in total. The number of carbonyl (C=O) groups is 2. The smallest absolute Gasteiger partial charge is 0.257 e. The lowest BCUT2D eigenvalue weighted by molar-refractivity contribution is -0.131. The molecule has 1 saturated heterocycles. The van der Waals surface area contributed by atoms with Gasteiger partial charge in [0.25, 0.3) is 5.91 Å². The van der Waals surface area contributed by atoms with Crippen LogP contribution in [0.5, 0.6) is 5.75 Å². The number of rotatable bonds is 7. The summed E-state index contributed by atoms with van der Waals surface area (Å²) >= 11 is 8.72. The molecular formula is C24H29BrN4O3S. The van der Waals surface area contributed by atoms with E-state index in [2.05, 4.69) is 31.5 Å². The van der Waals surface area contributed by atoms with Gasteiger partial charge in [0.15, 0.2) is 5.11 Å². The Balaban J connectivity index is 1.50. The standard InChI is InChI=1S/C24H29BrN4O3S/c1-3-5-22(30)29-14-12-28(13-15-29)19-9-7-18(8-10-19)26-24(33)27-23(31)17-6-11-21(32-4-2)20(25)16-17/h6-11,16H,3-5,12-15H2,1-2H3,(H2,26,27,31,33). The first-order valence-electron chi connectivity index (χ1n) is 11.1. The molecule has 0 bridgehead atoms. The second-order valence-electron chi connectivity index (χ2n) is 7.65. The minimum atomic E-state index is -0.302. The molecule has 9 heteroatoms. The van der Waals surface area contributed by atoms with Crippen molar-refractivity contribution in [2.45, 2.75) is 26.7 Å². The van der Waals surface area contributed by atoms with Crippen molar-refractivity contribution in [1.29, 1.82) is 0 Å². The lowest BCUT2D eigenvalue weighted by atomic mass is 10.2. The summed E-state index contributed by atoms with van der Waals surface area (Å²) in [7, 11) is 0. The van der Waals surface area contributed by atoms with E-state index < -0.39 is 0 Å². The summed E-state index contributed by atoms with van der Waals surface area (Å²) in [4.78, 5) is 28.8. The van der Waals surface area contributed by atoms with Gasteiger partial charge in [-0.1, -0.05) is 6.92 Å². The Bertz CT molecular complexity index is 992. The number of nitrogens with zero attached hydrogens (tertiary/aromatic N) is 2. The molecule has 2 amide bonds. The fraction of sp³-hybridized carbons (Fsp3) is 0.375. The molecule has 1 aliphatic rings. The monoisotopic (exact) mass is 532 g/mol. The van der Waals surface area contributed by atoms with Crippen LogP contribution in [0.15, 0.2) is 46.9 Å². The molecule has 0 spiro atoms. The van der Waals surface area contributed by atoms with Crippen LogP contribution < -0.4 is 20.3 Å². The van der Waals surface area contributed by atoms with Crippen molar-refractivity contribution in [1.82, 2.24) is 10.2 Å². The van der Waals surface area contributed by atoms with Gasteiger partial charge in [-0.15, -0.1) is 0 Å². The fourth-order valence-electron chi connectivity index (χ4n) is 3.59. The van der Waals surface area contributed by atoms with E-state index >= 15 is 0 Å². The lowest BCUT2D eigenvalue weighted by Gasteiger charge is -2.36. The van der Waals surface area contributed by atoms with Gasteiger partial charge in [-0.3, -0.25) is 14.9 Å². The van der Waals surface area contributed by atoms with Crippen LogP contribution in [0.3, 0.4) is 0 Å². The second-order valence-corrected chi connectivity index (χ2v) is 8.91. The van der Waals surface area contributed by atoms with Gasteiger partial charge in [-0.05, 0) is 84.0 Å². The average Bonchev–Trinajstić information content (AvgIpc) is 2.81. The first-order chi connectivity index (χ1) is 15.9. The molecule has 1 fully saturated rings. The van der Waals surface area contributed by atoms with E-state index in [1.807, 2.05) is 43.0 Å². The van der Waals surface area contributed by atoms with Crippen LogP contribution in [0, 0.1) is 0 Å². The molecule has 7 nitrogen and oxygen atoms in total. The van der Waals surface area contributed by atoms with E-state index in [0.717, 1.165) is 44.0 Å². The number of benzene rings is 2. The molecule has 1 heterocycles. The molecule has 3 rings (SSSR count). The van der Waals surface area contributed by atoms with Gasteiger partial charge in [0.05, 0.1) is 11.1 Å². The summed E-state index contributed by atoms with van der Waals surface area (Å²) in [5.41, 5.74) is 2.35. The Morgan fingerprint density at radius 1 is 1.06 bits per heavy atom. The highest BCUT2D eigenvalue weighted by Crippen LogP contribution is 2.26. The summed E-state index contributed by atoms with van der Waals surface area (Å²) < 4.78 is 6.18. The largest absolute Gasteiger partial charge is 0.493 e. The van der Waals surface area contributed by atoms with Gasteiger partial charge >= 0.3 is 0 Å². The Morgan fingerprint density at radius 3 is 2.36 bits per heavy atom. The number of halogens is 1. The number of ether oxygens (including phenoxy) is 1. The van der Waals surface area contributed by atoms with Crippen LogP contribution in [-0.2, 0) is 4.79 Å². The Labute approximate surface area is 208 Å². The highest BCUT2D eigenvalue weighted by atomic mass is 79.9. The number of hydrogen-bond acceptors (Lipinski definition) is 5. The molecule has 2 aromatic rings. The highest BCUT2D eigenvalue weighted by molar-refractivity contribution is 9.10. The van der Waals surface area contributed by atoms with Crippen LogP contribution in [0.25, 0.3) is 0 Å². The zero-order chi connectivity index (χ0) is 23.8. The van der Waals surface area contributed by atoms with Crippen LogP contribution in [0.1, 0.15) is 37.0 Å². The maximum absolute atomic E-state index is 12.5. The minimum Gasteiger partial charge on any atom is -0.493 e. The number of anilines is 2. The fourth-order valence-corrected chi connectivity index (χ4v) is 4.30. The minimum absolute atomic E-state index is 0.223. The Morgan fingerprint density at radius 2 is 1.76 bits per heavy atom. The van der Waals surface area contributed by atoms with Crippen LogP contribution in [0.4, 0.5) is 11.4 Å². The molecule has 0 radical (unpaired) electrons. The zero-order valence-corrected chi connectivity index (χ0v) is 21.3. The molecule has 1 aliphatic heterocycles. The molecule has 176 valence electrons. The third-order valence-corrected chi connectivity index (χ3v) is 6.13. The molecule has 0 aromatic heterocycles. The molecule has 33 heavy (non-hydrogen) atoms. The van der Waals surface area contributed by atoms with Gasteiger partial charge in [0.1, 0.15) is 5.75 Å². The second kappa shape index (κ2) is 12.0. The summed E-state index contributed by atoms with van der Waals surface area (Å²) in [5, 5.41) is 5.97. The van der Waals surface area contributed by atoms with Crippen molar-refractivity contribution in [3.8, 4) is 5.75 Å². The number of carbonyl (C=O) groups excluding carboxylic acids is 2. The van der Waals surface area contributed by atoms with Crippen molar-refractivity contribution in [2.75, 3.05) is 43.0 Å². The van der Waals surface area contributed by atoms with E-state index in [1.54, 1.807) is 18.2 Å². The third-order valence-electron chi connectivity index (χ3n) is 5.31. The van der Waals surface area contributed by atoms with Gasteiger partial charge in [-0.2, -0.15) is 0 Å². The number of amides is 2. The van der Waals surface area contributed by atoms with E-state index in [-0.39, 0.29) is 16.9 Å². The van der Waals surface area contributed by atoms with Crippen molar-refractivity contribution in [3.63, 3.8) is 0 Å². The Kier molecular flexibility index (Phi) is 9.08. The lowest BCUT2D eigenvalue weighted by Crippen LogP contribution is -2.48. The summed E-state index contributed by atoms with van der Waals surface area (Å²) in [6, 6.07) is 13.0. The first-order valence-corrected chi connectivity index (χ1v) is 12.3. The van der Waals surface area contributed by atoms with Gasteiger partial charge < -0.3 is 19.9 Å². The van der Waals surface area contributed by atoms with E-state index in [0.29, 0.717) is 28.8 Å². The Hall–Kier alpha value is -2.65. The van der Waals surface area contributed by atoms with Gasteiger partial charge in [0, 0.05) is 49.5 Å². The number of nitrogens with one attached hydrogen (secondary N) is 2. The van der Waals surface area contributed by atoms with E-state index in [9.17, 15) is 9.59 Å². The predicted molar refractivity (Wildman–Crippen MR) is 139 cm³/mol. The quantitative estimate of drug-likeness (QED) is 0.514. The van der Waals surface area contributed by atoms with E-state index in [4.69, 9.17) is 17.0 Å². The molecule has 2 aromatic carbocycles. The summed E-state index contributed by atoms with van der Waals surface area (Å²) in [6.07, 6.45) is 1.50. The van der Waals surface area contributed by atoms with Crippen molar-refractivity contribution in [2.24, 2.45) is 0 Å². The normalized spacial score (nSPS) is 13.4. The molecule has 0 atom stereocenters. The number of piperazine rings is 1. The van der Waals surface area contributed by atoms with Gasteiger partial charge in [0.2, 0.25) is 5.91 Å². The molecular weight excluding hydrogens is 504 g/mol. The number of thiocarbonyl (C=S) groups is 1. The maximum atomic E-state index is 12.5. The maximum Gasteiger partial charge on any atom is 0.257 e. The highest BCUT2D eigenvalue weighted by Gasteiger charge is 2.20. The van der Waals surface area contributed by atoms with Crippen molar-refractivity contribution in [3.05, 3.63) is 52.5 Å². The number of hydrogen-bond donors (Lipinski definition) is 2. The topological polar surface area (TPSA) is 73.9 Å². The molecule has 0 unspecified atom stereocenters. The summed E-state index contributed by atoms with van der Waals surface area (Å²) in [5.74, 6) is 0.622. The van der Waals surface area contributed by atoms with Crippen molar-refractivity contribution >= 4 is 56.4 Å².